The Morgan fingerprint density at radius 1 is 1.02 bits per heavy atom. The number of carbonyl (C=O) groups excluding carboxylic acids is 4. The second-order valence-corrected chi connectivity index (χ2v) is 11.1. The number of alkyl carbamates (subject to hydrolysis) is 1. The van der Waals surface area contributed by atoms with E-state index in [1.807, 2.05) is 69.3 Å². The Bertz CT molecular complexity index is 1160. The van der Waals surface area contributed by atoms with Crippen LogP contribution in [0.25, 0.3) is 0 Å². The number of nitrogens with two attached hydrogens (primary N) is 1. The zero-order valence-corrected chi connectivity index (χ0v) is 24.6. The third-order valence-electron chi connectivity index (χ3n) is 6.30. The van der Waals surface area contributed by atoms with Gasteiger partial charge in [-0.15, -0.1) is 0 Å². The van der Waals surface area contributed by atoms with E-state index in [-0.39, 0.29) is 31.8 Å². The van der Waals surface area contributed by atoms with Crippen molar-refractivity contribution in [2.45, 2.75) is 91.5 Å². The first kappa shape index (κ1) is 32.3. The minimum absolute atomic E-state index is 0.0266. The maximum atomic E-state index is 14.2. The van der Waals surface area contributed by atoms with E-state index in [1.165, 1.54) is 4.90 Å². The van der Waals surface area contributed by atoms with Gasteiger partial charge in [-0.05, 0) is 64.2 Å². The van der Waals surface area contributed by atoms with Crippen molar-refractivity contribution in [2.24, 2.45) is 5.73 Å². The minimum atomic E-state index is -1.12. The van der Waals surface area contributed by atoms with Crippen LogP contribution in [-0.2, 0) is 25.7 Å². The van der Waals surface area contributed by atoms with Gasteiger partial charge in [-0.3, -0.25) is 14.4 Å². The number of hydrogen-bond acceptors (Lipinski definition) is 5. The van der Waals surface area contributed by atoms with Crippen LogP contribution in [0.4, 0.5) is 4.79 Å². The lowest BCUT2D eigenvalue weighted by molar-refractivity contribution is -0.143. The van der Waals surface area contributed by atoms with Crippen molar-refractivity contribution in [1.29, 1.82) is 0 Å². The lowest BCUT2D eigenvalue weighted by Crippen LogP contribution is -2.53. The van der Waals surface area contributed by atoms with E-state index in [4.69, 9.17) is 10.5 Å². The Kier molecular flexibility index (Phi) is 12.2. The molecule has 0 spiro atoms. The van der Waals surface area contributed by atoms with E-state index in [1.54, 1.807) is 20.8 Å². The zero-order chi connectivity index (χ0) is 29.9. The zero-order valence-electron chi connectivity index (χ0n) is 24.6. The molecule has 9 heteroatoms. The number of benzene rings is 2. The minimum Gasteiger partial charge on any atom is -0.444 e. The molecule has 2 rings (SSSR count). The van der Waals surface area contributed by atoms with Crippen molar-refractivity contribution in [1.82, 2.24) is 15.5 Å². The summed E-state index contributed by atoms with van der Waals surface area (Å²) in [6.07, 6.45) is 0.472. The summed E-state index contributed by atoms with van der Waals surface area (Å²) in [4.78, 5) is 53.9. The molecule has 2 aromatic carbocycles. The Labute approximate surface area is 237 Å². The molecule has 218 valence electrons. The van der Waals surface area contributed by atoms with Gasteiger partial charge in [0, 0.05) is 19.5 Å². The van der Waals surface area contributed by atoms with Crippen molar-refractivity contribution in [3.05, 3.63) is 70.8 Å². The van der Waals surface area contributed by atoms with Gasteiger partial charge in [0.1, 0.15) is 17.7 Å². The molecule has 4 amide bonds. The van der Waals surface area contributed by atoms with Crippen LogP contribution >= 0.6 is 0 Å². The predicted octanol–water partition coefficient (Wildman–Crippen LogP) is 4.45. The molecule has 0 bridgehead atoms. The van der Waals surface area contributed by atoms with Gasteiger partial charge in [0.25, 0.3) is 0 Å². The average Bonchev–Trinajstić information content (AvgIpc) is 2.88. The number of unbranched alkanes of at least 4 members (excludes halogenated alkanes) is 1. The highest BCUT2D eigenvalue weighted by Gasteiger charge is 2.36. The predicted molar refractivity (Wildman–Crippen MR) is 155 cm³/mol. The molecule has 0 aromatic heterocycles. The fourth-order valence-corrected chi connectivity index (χ4v) is 4.28. The average molecular weight is 553 g/mol. The molecule has 0 fully saturated rings. The van der Waals surface area contributed by atoms with E-state index in [0.29, 0.717) is 12.0 Å². The third kappa shape index (κ3) is 10.4. The molecule has 0 saturated carbocycles. The van der Waals surface area contributed by atoms with Gasteiger partial charge in [0.15, 0.2) is 0 Å². The van der Waals surface area contributed by atoms with Gasteiger partial charge >= 0.3 is 6.09 Å². The summed E-state index contributed by atoms with van der Waals surface area (Å²) in [6.45, 7) is 11.5. The second-order valence-electron chi connectivity index (χ2n) is 11.1. The first-order valence-corrected chi connectivity index (χ1v) is 13.8. The molecule has 0 heterocycles. The standard InChI is InChI=1S/C31H44N4O5/c1-7-8-18-35(29(38)25(16-17-26(32)36)34-30(39)40-31(4,5)6)27(24-19-21(2)14-15-22(24)3)28(37)33-20-23-12-10-9-11-13-23/h9-15,19,25,27H,7-8,16-18,20H2,1-6H3,(H2,32,36)(H,33,37)(H,34,39). The first-order chi connectivity index (χ1) is 18.8. The Morgan fingerprint density at radius 2 is 1.70 bits per heavy atom. The van der Waals surface area contributed by atoms with Crippen molar-refractivity contribution < 1.29 is 23.9 Å². The van der Waals surface area contributed by atoms with Crippen molar-refractivity contribution in [2.75, 3.05) is 6.54 Å². The number of amides is 4. The summed E-state index contributed by atoms with van der Waals surface area (Å²) >= 11 is 0. The van der Waals surface area contributed by atoms with Gasteiger partial charge in [0.05, 0.1) is 0 Å². The molecule has 2 aromatic rings. The molecule has 0 aliphatic heterocycles. The maximum Gasteiger partial charge on any atom is 0.408 e. The number of nitrogens with zero attached hydrogens (tertiary/aromatic N) is 1. The molecule has 0 saturated heterocycles. The number of carbonyl (C=O) groups is 4. The number of rotatable bonds is 13. The van der Waals surface area contributed by atoms with Crippen LogP contribution < -0.4 is 16.4 Å². The number of nitrogens with one attached hydrogen (secondary N) is 2. The fraction of sp³-hybridized carbons (Fsp3) is 0.484. The number of hydrogen-bond donors (Lipinski definition) is 3. The highest BCUT2D eigenvalue weighted by Crippen LogP contribution is 2.28. The molecule has 40 heavy (non-hydrogen) atoms. The molecule has 2 unspecified atom stereocenters. The molecule has 4 N–H and O–H groups in total. The van der Waals surface area contributed by atoms with Gasteiger partial charge in [-0.2, -0.15) is 0 Å². The largest absolute Gasteiger partial charge is 0.444 e. The summed E-state index contributed by atoms with van der Waals surface area (Å²) in [5.74, 6) is -1.43. The summed E-state index contributed by atoms with van der Waals surface area (Å²) < 4.78 is 5.38. The molecule has 2 atom stereocenters. The van der Waals surface area contributed by atoms with Gasteiger partial charge in [-0.1, -0.05) is 67.4 Å². The molecular formula is C31H44N4O5. The van der Waals surface area contributed by atoms with Gasteiger partial charge in [0.2, 0.25) is 17.7 Å². The summed E-state index contributed by atoms with van der Waals surface area (Å²) in [7, 11) is 0. The lowest BCUT2D eigenvalue weighted by Gasteiger charge is -2.35. The second kappa shape index (κ2) is 15.1. The van der Waals surface area contributed by atoms with Crippen molar-refractivity contribution >= 4 is 23.8 Å². The quantitative estimate of drug-likeness (QED) is 0.338. The normalized spacial score (nSPS) is 12.7. The van der Waals surface area contributed by atoms with Crippen LogP contribution in [-0.4, -0.2) is 46.9 Å². The molecular weight excluding hydrogens is 508 g/mol. The highest BCUT2D eigenvalue weighted by atomic mass is 16.6. The number of primary amides is 1. The van der Waals surface area contributed by atoms with Crippen LogP contribution in [0.5, 0.6) is 0 Å². The van der Waals surface area contributed by atoms with Crippen LogP contribution in [0.15, 0.2) is 48.5 Å². The van der Waals surface area contributed by atoms with E-state index in [0.717, 1.165) is 23.1 Å². The molecule has 0 aliphatic rings. The maximum absolute atomic E-state index is 14.2. The van der Waals surface area contributed by atoms with E-state index in [9.17, 15) is 19.2 Å². The van der Waals surface area contributed by atoms with E-state index < -0.39 is 35.6 Å². The van der Waals surface area contributed by atoms with Gasteiger partial charge in [-0.25, -0.2) is 4.79 Å². The first-order valence-electron chi connectivity index (χ1n) is 13.8. The summed E-state index contributed by atoms with van der Waals surface area (Å²) in [6, 6.07) is 13.2. The Morgan fingerprint density at radius 3 is 2.30 bits per heavy atom. The Balaban J connectivity index is 2.52. The van der Waals surface area contributed by atoms with Crippen LogP contribution in [0.1, 0.15) is 81.7 Å². The third-order valence-corrected chi connectivity index (χ3v) is 6.30. The van der Waals surface area contributed by atoms with Crippen LogP contribution in [0.2, 0.25) is 0 Å². The monoisotopic (exact) mass is 552 g/mol. The van der Waals surface area contributed by atoms with Crippen molar-refractivity contribution in [3.63, 3.8) is 0 Å². The van der Waals surface area contributed by atoms with Crippen LogP contribution in [0.3, 0.4) is 0 Å². The molecule has 9 nitrogen and oxygen atoms in total. The molecule has 0 radical (unpaired) electrons. The van der Waals surface area contributed by atoms with Crippen molar-refractivity contribution in [3.8, 4) is 0 Å². The smallest absolute Gasteiger partial charge is 0.408 e. The summed E-state index contributed by atoms with van der Waals surface area (Å²) in [5.41, 5.74) is 8.02. The van der Waals surface area contributed by atoms with Gasteiger partial charge < -0.3 is 26.0 Å². The lowest BCUT2D eigenvalue weighted by atomic mass is 9.95. The Hall–Kier alpha value is -3.88. The fourth-order valence-electron chi connectivity index (χ4n) is 4.28. The number of ether oxygens (including phenoxy) is 1. The van der Waals surface area contributed by atoms with E-state index >= 15 is 0 Å². The van der Waals surface area contributed by atoms with E-state index in [2.05, 4.69) is 10.6 Å². The number of aryl methyl sites for hydroxylation is 2. The van der Waals surface area contributed by atoms with Crippen LogP contribution in [0, 0.1) is 13.8 Å². The highest BCUT2D eigenvalue weighted by molar-refractivity contribution is 5.92. The topological polar surface area (TPSA) is 131 Å². The summed E-state index contributed by atoms with van der Waals surface area (Å²) in [5, 5.41) is 5.62. The molecule has 0 aliphatic carbocycles. The SMILES string of the molecule is CCCCN(C(=O)C(CCC(N)=O)NC(=O)OC(C)(C)C)C(C(=O)NCc1ccccc1)c1cc(C)ccc1C.